The van der Waals surface area contributed by atoms with Gasteiger partial charge in [-0.1, -0.05) is 17.7 Å². The summed E-state index contributed by atoms with van der Waals surface area (Å²) in [6, 6.07) is 11.2. The Balaban J connectivity index is 2.33. The van der Waals surface area contributed by atoms with Crippen molar-refractivity contribution in [1.82, 2.24) is 4.98 Å². The van der Waals surface area contributed by atoms with Crippen LogP contribution in [0.1, 0.15) is 16.1 Å². The summed E-state index contributed by atoms with van der Waals surface area (Å²) in [6.07, 6.45) is 0. The fraction of sp³-hybridized carbons (Fsp3) is 0. The van der Waals surface area contributed by atoms with Crippen molar-refractivity contribution >= 4 is 28.4 Å². The topological polar surface area (TPSA) is 82.7 Å². The number of nitriles is 1. The van der Waals surface area contributed by atoms with Crippen molar-refractivity contribution < 1.29 is 9.18 Å². The average molecular weight is 314 g/mol. The minimum absolute atomic E-state index is 0.0146. The molecule has 6 heteroatoms. The predicted molar refractivity (Wildman–Crippen MR) is 81.9 cm³/mol. The summed E-state index contributed by atoms with van der Waals surface area (Å²) in [5, 5.41) is 9.80. The van der Waals surface area contributed by atoms with E-state index < -0.39 is 11.7 Å². The van der Waals surface area contributed by atoms with Crippen LogP contribution in [-0.2, 0) is 0 Å². The number of primary amides is 1. The maximum absolute atomic E-state index is 13.7. The molecule has 3 aromatic rings. The van der Waals surface area contributed by atoms with Gasteiger partial charge < -0.3 is 10.7 Å². The number of halogens is 2. The Morgan fingerprint density at radius 1 is 1.27 bits per heavy atom. The smallest absolute Gasteiger partial charge is 0.265 e. The van der Waals surface area contributed by atoms with E-state index in [1.165, 1.54) is 12.1 Å². The number of aromatic nitrogens is 1. The lowest BCUT2D eigenvalue weighted by molar-refractivity contribution is 0.0996. The highest BCUT2D eigenvalue weighted by atomic mass is 35.5. The average Bonchev–Trinajstić information content (AvgIpc) is 2.93. The van der Waals surface area contributed by atoms with E-state index in [1.54, 1.807) is 24.3 Å². The first-order valence-corrected chi connectivity index (χ1v) is 6.69. The summed E-state index contributed by atoms with van der Waals surface area (Å²) in [5.74, 6) is -1.17. The molecule has 108 valence electrons. The van der Waals surface area contributed by atoms with E-state index in [2.05, 4.69) is 4.98 Å². The van der Waals surface area contributed by atoms with Gasteiger partial charge >= 0.3 is 0 Å². The summed E-state index contributed by atoms with van der Waals surface area (Å²) in [5.41, 5.74) is 7.63. The molecule has 0 bridgehead atoms. The zero-order chi connectivity index (χ0) is 15.9. The fourth-order valence-electron chi connectivity index (χ4n) is 2.33. The largest absolute Gasteiger partial charge is 0.364 e. The molecule has 0 radical (unpaired) electrons. The van der Waals surface area contributed by atoms with E-state index >= 15 is 0 Å². The Kier molecular flexibility index (Phi) is 3.32. The quantitative estimate of drug-likeness (QED) is 0.757. The van der Waals surface area contributed by atoms with E-state index in [1.807, 2.05) is 6.07 Å². The van der Waals surface area contributed by atoms with Gasteiger partial charge in [0.1, 0.15) is 11.5 Å². The molecule has 1 heterocycles. The molecule has 22 heavy (non-hydrogen) atoms. The third-order valence-electron chi connectivity index (χ3n) is 3.35. The number of hydrogen-bond donors (Lipinski definition) is 2. The number of H-pyrrole nitrogens is 1. The SMILES string of the molecule is N#Cc1cc(-c2ccc(Cl)c(F)c2)c2[nH]c(C(N)=O)cc2c1. The summed E-state index contributed by atoms with van der Waals surface area (Å²) < 4.78 is 13.7. The summed E-state index contributed by atoms with van der Waals surface area (Å²) in [4.78, 5) is 14.2. The Morgan fingerprint density at radius 3 is 2.68 bits per heavy atom. The summed E-state index contributed by atoms with van der Waals surface area (Å²) in [6.45, 7) is 0. The standard InChI is InChI=1S/C16H9ClFN3O/c17-12-2-1-9(5-13(12)18)11-4-8(7-19)3-10-6-14(16(20)22)21-15(10)11/h1-6,21H,(H2,20,22). The van der Waals surface area contributed by atoms with Gasteiger partial charge in [-0.2, -0.15) is 5.26 Å². The monoisotopic (exact) mass is 313 g/mol. The first-order chi connectivity index (χ1) is 10.5. The highest BCUT2D eigenvalue weighted by Gasteiger charge is 2.13. The molecule has 0 aliphatic heterocycles. The molecule has 3 N–H and O–H groups in total. The van der Waals surface area contributed by atoms with Gasteiger partial charge in [-0.05, 0) is 35.9 Å². The second kappa shape index (κ2) is 5.17. The molecule has 2 aromatic carbocycles. The molecule has 0 spiro atoms. The van der Waals surface area contributed by atoms with Crippen LogP contribution in [0.4, 0.5) is 4.39 Å². The zero-order valence-corrected chi connectivity index (χ0v) is 11.9. The lowest BCUT2D eigenvalue weighted by Gasteiger charge is -2.06. The number of hydrogen-bond acceptors (Lipinski definition) is 2. The van der Waals surface area contributed by atoms with Crippen molar-refractivity contribution in [3.63, 3.8) is 0 Å². The second-order valence-electron chi connectivity index (χ2n) is 4.78. The van der Waals surface area contributed by atoms with Crippen LogP contribution in [0.3, 0.4) is 0 Å². The molecular formula is C16H9ClFN3O. The molecule has 0 unspecified atom stereocenters. The van der Waals surface area contributed by atoms with Crippen LogP contribution in [0.25, 0.3) is 22.0 Å². The number of nitrogens with zero attached hydrogens (tertiary/aromatic N) is 1. The Morgan fingerprint density at radius 2 is 2.05 bits per heavy atom. The van der Waals surface area contributed by atoms with Gasteiger partial charge in [-0.15, -0.1) is 0 Å². The minimum atomic E-state index is -0.608. The fourth-order valence-corrected chi connectivity index (χ4v) is 2.45. The lowest BCUT2D eigenvalue weighted by atomic mass is 10.0. The predicted octanol–water partition coefficient (Wildman–Crippen LogP) is 3.60. The number of benzene rings is 2. The molecule has 1 amide bonds. The van der Waals surface area contributed by atoms with Gasteiger partial charge in [-0.25, -0.2) is 4.39 Å². The number of aromatic amines is 1. The van der Waals surface area contributed by atoms with Gasteiger partial charge in [0.2, 0.25) is 0 Å². The molecule has 1 aromatic heterocycles. The summed E-state index contributed by atoms with van der Waals surface area (Å²) in [7, 11) is 0. The Hall–Kier alpha value is -2.84. The van der Waals surface area contributed by atoms with Crippen molar-refractivity contribution in [2.24, 2.45) is 5.73 Å². The van der Waals surface area contributed by atoms with Crippen LogP contribution in [0.5, 0.6) is 0 Å². The third-order valence-corrected chi connectivity index (χ3v) is 3.66. The highest BCUT2D eigenvalue weighted by Crippen LogP contribution is 2.32. The van der Waals surface area contributed by atoms with Crippen LogP contribution in [0.15, 0.2) is 36.4 Å². The van der Waals surface area contributed by atoms with Crippen molar-refractivity contribution in [3.05, 3.63) is 58.5 Å². The number of fused-ring (bicyclic) bond motifs is 1. The van der Waals surface area contributed by atoms with Crippen molar-refractivity contribution in [1.29, 1.82) is 5.26 Å². The maximum Gasteiger partial charge on any atom is 0.265 e. The Bertz CT molecular complexity index is 956. The Labute approximate surface area is 129 Å². The number of amides is 1. The van der Waals surface area contributed by atoms with Crippen LogP contribution >= 0.6 is 11.6 Å². The van der Waals surface area contributed by atoms with E-state index in [4.69, 9.17) is 22.6 Å². The van der Waals surface area contributed by atoms with Crippen LogP contribution in [-0.4, -0.2) is 10.9 Å². The lowest BCUT2D eigenvalue weighted by Crippen LogP contribution is -2.10. The number of nitrogens with one attached hydrogen (secondary N) is 1. The number of carbonyl (C=O) groups excluding carboxylic acids is 1. The normalized spacial score (nSPS) is 10.6. The second-order valence-corrected chi connectivity index (χ2v) is 5.18. The number of nitrogens with two attached hydrogens (primary N) is 1. The highest BCUT2D eigenvalue weighted by molar-refractivity contribution is 6.30. The van der Waals surface area contributed by atoms with Gasteiger partial charge in [-0.3, -0.25) is 4.79 Å². The minimum Gasteiger partial charge on any atom is -0.364 e. The first-order valence-electron chi connectivity index (χ1n) is 6.31. The summed E-state index contributed by atoms with van der Waals surface area (Å²) >= 11 is 5.69. The van der Waals surface area contributed by atoms with Gasteiger partial charge in [0, 0.05) is 10.9 Å². The van der Waals surface area contributed by atoms with E-state index in [-0.39, 0.29) is 10.7 Å². The number of carbonyl (C=O) groups is 1. The molecule has 3 rings (SSSR count). The molecule has 0 fully saturated rings. The van der Waals surface area contributed by atoms with E-state index in [0.717, 1.165) is 0 Å². The third kappa shape index (κ3) is 2.30. The zero-order valence-electron chi connectivity index (χ0n) is 11.2. The van der Waals surface area contributed by atoms with Crippen molar-refractivity contribution in [2.45, 2.75) is 0 Å². The van der Waals surface area contributed by atoms with Crippen LogP contribution in [0.2, 0.25) is 5.02 Å². The maximum atomic E-state index is 13.7. The van der Waals surface area contributed by atoms with Crippen LogP contribution in [0, 0.1) is 17.1 Å². The molecule has 0 aliphatic rings. The molecular weight excluding hydrogens is 305 g/mol. The van der Waals surface area contributed by atoms with Gasteiger partial charge in [0.25, 0.3) is 5.91 Å². The van der Waals surface area contributed by atoms with Gasteiger partial charge in [0.15, 0.2) is 0 Å². The number of rotatable bonds is 2. The molecule has 0 saturated carbocycles. The molecule has 0 saturated heterocycles. The van der Waals surface area contributed by atoms with Crippen molar-refractivity contribution in [2.75, 3.05) is 0 Å². The van der Waals surface area contributed by atoms with Gasteiger partial charge in [0.05, 0.1) is 22.2 Å². The molecule has 4 nitrogen and oxygen atoms in total. The first kappa shape index (κ1) is 14.1. The molecule has 0 atom stereocenters. The van der Waals surface area contributed by atoms with Crippen LogP contribution < -0.4 is 5.73 Å². The van der Waals surface area contributed by atoms with E-state index in [9.17, 15) is 9.18 Å². The van der Waals surface area contributed by atoms with Crippen molar-refractivity contribution in [3.8, 4) is 17.2 Å². The molecule has 0 aliphatic carbocycles. The van der Waals surface area contributed by atoms with E-state index in [0.29, 0.717) is 27.6 Å².